The first-order valence-corrected chi connectivity index (χ1v) is 7.47. The van der Waals surface area contributed by atoms with Crippen molar-refractivity contribution in [1.82, 2.24) is 10.6 Å². The number of aliphatic hydroxyl groups is 1. The van der Waals surface area contributed by atoms with E-state index in [9.17, 15) is 9.90 Å². The van der Waals surface area contributed by atoms with E-state index in [1.165, 1.54) is 12.8 Å². The second-order valence-electron chi connectivity index (χ2n) is 4.83. The molecule has 1 saturated carbocycles. The number of nitrogens with one attached hydrogen (secondary N) is 2. The van der Waals surface area contributed by atoms with Crippen molar-refractivity contribution in [1.29, 1.82) is 0 Å². The molecule has 0 bridgehead atoms. The van der Waals surface area contributed by atoms with Crippen molar-refractivity contribution in [2.45, 2.75) is 25.5 Å². The van der Waals surface area contributed by atoms with Crippen LogP contribution < -0.4 is 10.6 Å². The van der Waals surface area contributed by atoms with Crippen LogP contribution in [0.4, 0.5) is 4.79 Å². The number of ether oxygens (including phenoxy) is 1. The SMILES string of the molecule is O=C(NCc1ccsc1)NCC(O)COCC1CC1. The van der Waals surface area contributed by atoms with Gasteiger partial charge in [0.1, 0.15) is 0 Å². The Morgan fingerprint density at radius 1 is 1.53 bits per heavy atom. The van der Waals surface area contributed by atoms with Crippen molar-refractivity contribution >= 4 is 17.4 Å². The molecule has 1 heterocycles. The second kappa shape index (κ2) is 7.47. The summed E-state index contributed by atoms with van der Waals surface area (Å²) in [5, 5.41) is 18.9. The number of thiophene rings is 1. The summed E-state index contributed by atoms with van der Waals surface area (Å²) in [6, 6.07) is 1.69. The number of carbonyl (C=O) groups is 1. The number of urea groups is 1. The molecule has 1 aromatic rings. The van der Waals surface area contributed by atoms with Crippen molar-refractivity contribution in [3.63, 3.8) is 0 Å². The van der Waals surface area contributed by atoms with Crippen LogP contribution >= 0.6 is 11.3 Å². The van der Waals surface area contributed by atoms with Gasteiger partial charge in [-0.15, -0.1) is 0 Å². The number of carbonyl (C=O) groups excluding carboxylic acids is 1. The van der Waals surface area contributed by atoms with Crippen LogP contribution in [-0.2, 0) is 11.3 Å². The highest BCUT2D eigenvalue weighted by Gasteiger charge is 2.21. The Balaban J connectivity index is 1.49. The number of rotatable bonds is 8. The molecule has 106 valence electrons. The molecule has 3 N–H and O–H groups in total. The van der Waals surface area contributed by atoms with Gasteiger partial charge in [0.25, 0.3) is 0 Å². The Bertz CT molecular complexity index is 379. The highest BCUT2D eigenvalue weighted by Crippen LogP contribution is 2.28. The zero-order valence-corrected chi connectivity index (χ0v) is 11.6. The van der Waals surface area contributed by atoms with E-state index in [4.69, 9.17) is 4.74 Å². The van der Waals surface area contributed by atoms with Crippen LogP contribution in [0.2, 0.25) is 0 Å². The lowest BCUT2D eigenvalue weighted by molar-refractivity contribution is 0.0337. The Morgan fingerprint density at radius 3 is 3.05 bits per heavy atom. The average molecular weight is 284 g/mol. The summed E-state index contributed by atoms with van der Waals surface area (Å²) in [6.07, 6.45) is 1.82. The minimum Gasteiger partial charge on any atom is -0.389 e. The van der Waals surface area contributed by atoms with Gasteiger partial charge in [-0.2, -0.15) is 11.3 Å². The molecule has 1 aliphatic rings. The largest absolute Gasteiger partial charge is 0.389 e. The number of amides is 2. The van der Waals surface area contributed by atoms with E-state index in [-0.39, 0.29) is 19.2 Å². The summed E-state index contributed by atoms with van der Waals surface area (Å²) in [7, 11) is 0. The summed E-state index contributed by atoms with van der Waals surface area (Å²) < 4.78 is 5.35. The summed E-state index contributed by atoms with van der Waals surface area (Å²) in [5.74, 6) is 0.689. The Hall–Kier alpha value is -1.11. The third-order valence-corrected chi connectivity index (χ3v) is 3.62. The van der Waals surface area contributed by atoms with Gasteiger partial charge in [-0.25, -0.2) is 4.79 Å². The molecule has 0 saturated heterocycles. The van der Waals surface area contributed by atoms with Gasteiger partial charge in [-0.05, 0) is 41.1 Å². The number of hydrogen-bond donors (Lipinski definition) is 3. The maximum Gasteiger partial charge on any atom is 0.315 e. The average Bonchev–Trinajstić information content (AvgIpc) is 3.07. The van der Waals surface area contributed by atoms with Gasteiger partial charge in [0, 0.05) is 19.7 Å². The van der Waals surface area contributed by atoms with Crippen LogP contribution in [0.5, 0.6) is 0 Å². The molecule has 0 aliphatic heterocycles. The molecule has 1 fully saturated rings. The lowest BCUT2D eigenvalue weighted by Gasteiger charge is -2.12. The fraction of sp³-hybridized carbons (Fsp3) is 0.615. The molecule has 0 radical (unpaired) electrons. The van der Waals surface area contributed by atoms with Crippen LogP contribution in [-0.4, -0.2) is 37.0 Å². The minimum absolute atomic E-state index is 0.208. The van der Waals surface area contributed by atoms with Crippen LogP contribution in [0, 0.1) is 5.92 Å². The van der Waals surface area contributed by atoms with E-state index in [1.54, 1.807) is 11.3 Å². The van der Waals surface area contributed by atoms with Crippen LogP contribution in [0.15, 0.2) is 16.8 Å². The Labute approximate surface area is 117 Å². The van der Waals surface area contributed by atoms with Gasteiger partial charge < -0.3 is 20.5 Å². The number of hydrogen-bond acceptors (Lipinski definition) is 4. The van der Waals surface area contributed by atoms with E-state index in [0.717, 1.165) is 12.2 Å². The molecule has 1 atom stereocenters. The van der Waals surface area contributed by atoms with Crippen molar-refractivity contribution < 1.29 is 14.6 Å². The topological polar surface area (TPSA) is 70.6 Å². The highest BCUT2D eigenvalue weighted by molar-refractivity contribution is 7.07. The minimum atomic E-state index is -0.648. The van der Waals surface area contributed by atoms with Gasteiger partial charge in [-0.1, -0.05) is 0 Å². The first kappa shape index (κ1) is 14.3. The Morgan fingerprint density at radius 2 is 2.37 bits per heavy atom. The van der Waals surface area contributed by atoms with E-state index < -0.39 is 6.10 Å². The molecule has 2 amide bonds. The molecule has 1 unspecified atom stereocenters. The molecule has 1 aromatic heterocycles. The molecule has 0 spiro atoms. The fourth-order valence-corrected chi connectivity index (χ4v) is 2.23. The first-order chi connectivity index (χ1) is 9.24. The molecular formula is C13H20N2O3S. The van der Waals surface area contributed by atoms with Crippen LogP contribution in [0.25, 0.3) is 0 Å². The van der Waals surface area contributed by atoms with Crippen molar-refractivity contribution in [2.75, 3.05) is 19.8 Å². The zero-order chi connectivity index (χ0) is 13.5. The molecule has 0 aromatic carbocycles. The van der Waals surface area contributed by atoms with E-state index in [0.29, 0.717) is 12.5 Å². The van der Waals surface area contributed by atoms with Gasteiger partial charge in [0.2, 0.25) is 0 Å². The predicted molar refractivity (Wildman–Crippen MR) is 74.1 cm³/mol. The monoisotopic (exact) mass is 284 g/mol. The van der Waals surface area contributed by atoms with Crippen LogP contribution in [0.1, 0.15) is 18.4 Å². The lowest BCUT2D eigenvalue weighted by Crippen LogP contribution is -2.40. The van der Waals surface area contributed by atoms with Crippen molar-refractivity contribution in [3.8, 4) is 0 Å². The maximum absolute atomic E-state index is 11.5. The first-order valence-electron chi connectivity index (χ1n) is 6.52. The quantitative estimate of drug-likeness (QED) is 0.674. The van der Waals surface area contributed by atoms with Gasteiger partial charge in [-0.3, -0.25) is 0 Å². The fourth-order valence-electron chi connectivity index (χ4n) is 1.56. The van der Waals surface area contributed by atoms with E-state index in [2.05, 4.69) is 10.6 Å². The molecular weight excluding hydrogens is 264 g/mol. The Kier molecular flexibility index (Phi) is 5.62. The highest BCUT2D eigenvalue weighted by atomic mass is 32.1. The third kappa shape index (κ3) is 6.04. The van der Waals surface area contributed by atoms with Gasteiger partial charge >= 0.3 is 6.03 Å². The molecule has 1 aliphatic carbocycles. The van der Waals surface area contributed by atoms with Crippen molar-refractivity contribution in [3.05, 3.63) is 22.4 Å². The normalized spacial score (nSPS) is 16.1. The van der Waals surface area contributed by atoms with Crippen LogP contribution in [0.3, 0.4) is 0 Å². The molecule has 6 heteroatoms. The van der Waals surface area contributed by atoms with Crippen molar-refractivity contribution in [2.24, 2.45) is 5.92 Å². The summed E-state index contributed by atoms with van der Waals surface area (Å²) in [6.45, 7) is 1.71. The summed E-state index contributed by atoms with van der Waals surface area (Å²) >= 11 is 1.60. The summed E-state index contributed by atoms with van der Waals surface area (Å²) in [4.78, 5) is 11.5. The molecule has 2 rings (SSSR count). The molecule has 5 nitrogen and oxygen atoms in total. The van der Waals surface area contributed by atoms with E-state index in [1.807, 2.05) is 16.8 Å². The second-order valence-corrected chi connectivity index (χ2v) is 5.61. The van der Waals surface area contributed by atoms with E-state index >= 15 is 0 Å². The van der Waals surface area contributed by atoms with Gasteiger partial charge in [0.05, 0.1) is 12.7 Å². The third-order valence-electron chi connectivity index (χ3n) is 2.89. The summed E-state index contributed by atoms with van der Waals surface area (Å²) in [5.41, 5.74) is 1.08. The number of aliphatic hydroxyl groups excluding tert-OH is 1. The standard InChI is InChI=1S/C13H20N2O3S/c16-12(8-18-7-10-1-2-10)6-15-13(17)14-5-11-3-4-19-9-11/h3-4,9-10,12,16H,1-2,5-8H2,(H2,14,15,17). The maximum atomic E-state index is 11.5. The predicted octanol–water partition coefficient (Wildman–Crippen LogP) is 1.33. The molecule has 19 heavy (non-hydrogen) atoms. The zero-order valence-electron chi connectivity index (χ0n) is 10.8. The van der Waals surface area contributed by atoms with Gasteiger partial charge in [0.15, 0.2) is 0 Å². The lowest BCUT2D eigenvalue weighted by atomic mass is 10.3. The smallest absolute Gasteiger partial charge is 0.315 e.